The molecule has 2 aliphatic heterocycles. The molecule has 0 aromatic rings. The Balaban J connectivity index is 2.01. The topological polar surface area (TPSA) is 178 Å². The van der Waals surface area contributed by atoms with Crippen molar-refractivity contribution in [1.29, 1.82) is 5.41 Å². The van der Waals surface area contributed by atoms with E-state index in [-0.39, 0.29) is 18.3 Å². The molecule has 2 saturated heterocycles. The average Bonchev–Trinajstić information content (AvgIpc) is 3.37. The van der Waals surface area contributed by atoms with Gasteiger partial charge in [0.1, 0.15) is 23.7 Å². The first kappa shape index (κ1) is 26.2. The molecule has 0 aromatic heterocycles. The molecule has 2 rings (SSSR count). The highest BCUT2D eigenvalue weighted by Crippen LogP contribution is 2.26. The number of nitrogens with two attached hydrogens (primary N) is 1. The predicted octanol–water partition coefficient (Wildman–Crippen LogP) is 0.210. The van der Waals surface area contributed by atoms with E-state index in [1.807, 2.05) is 0 Å². The lowest BCUT2D eigenvalue weighted by molar-refractivity contribution is -0.145. The van der Waals surface area contributed by atoms with Crippen LogP contribution in [0.4, 0.5) is 4.79 Å². The summed E-state index contributed by atoms with van der Waals surface area (Å²) in [5.41, 5.74) is 4.52. The van der Waals surface area contributed by atoms with Crippen LogP contribution >= 0.6 is 0 Å². The zero-order chi connectivity index (χ0) is 24.8. The van der Waals surface area contributed by atoms with E-state index < -0.39 is 41.7 Å². The van der Waals surface area contributed by atoms with Gasteiger partial charge in [0, 0.05) is 19.6 Å². The lowest BCUT2D eigenvalue weighted by Crippen LogP contribution is -2.55. The van der Waals surface area contributed by atoms with E-state index in [0.29, 0.717) is 51.7 Å². The number of rotatable bonds is 8. The first-order valence-corrected chi connectivity index (χ1v) is 11.3. The Bertz CT molecular complexity index is 767. The monoisotopic (exact) mass is 468 g/mol. The molecule has 0 spiro atoms. The molecule has 186 valence electrons. The van der Waals surface area contributed by atoms with Crippen LogP contribution in [0.5, 0.6) is 0 Å². The molecule has 3 atom stereocenters. The molecular weight excluding hydrogens is 432 g/mol. The number of hydrogen-bond acceptors (Lipinski definition) is 6. The summed E-state index contributed by atoms with van der Waals surface area (Å²) in [6.45, 7) is 6.36. The number of likely N-dealkylation sites (tertiary alicyclic amines) is 2. The number of guanidine groups is 1. The normalized spacial score (nSPS) is 21.4. The van der Waals surface area contributed by atoms with Gasteiger partial charge in [-0.15, -0.1) is 0 Å². The van der Waals surface area contributed by atoms with Crippen LogP contribution in [-0.4, -0.2) is 88.1 Å². The summed E-state index contributed by atoms with van der Waals surface area (Å²) in [7, 11) is 0. The Labute approximate surface area is 193 Å². The zero-order valence-electron chi connectivity index (χ0n) is 19.6. The van der Waals surface area contributed by atoms with E-state index in [0.717, 1.165) is 0 Å². The first-order chi connectivity index (χ1) is 15.4. The van der Waals surface area contributed by atoms with Crippen LogP contribution in [0.2, 0.25) is 0 Å². The standard InChI is InChI=1S/C21H36N6O6/c1-21(2,3)33-20(32)27-12-6-9-15(27)17(29)26-11-5-8-14(26)16(28)25-13(18(30)31)7-4-10-24-19(22)23/h13-15H,4-12H2,1-3H3,(H,25,28)(H,30,31)(H4,22,23,24)/t13-,14-,15-/m0/s1. The number of nitrogens with zero attached hydrogens (tertiary/aromatic N) is 2. The molecule has 2 fully saturated rings. The number of hydrogen-bond donors (Lipinski definition) is 5. The maximum absolute atomic E-state index is 13.3. The van der Waals surface area contributed by atoms with Crippen LogP contribution in [-0.2, 0) is 19.1 Å². The summed E-state index contributed by atoms with van der Waals surface area (Å²) in [5.74, 6) is -2.21. The Hall–Kier alpha value is -3.05. The molecule has 0 bridgehead atoms. The molecule has 12 nitrogen and oxygen atoms in total. The SMILES string of the molecule is CC(C)(C)OC(=O)N1CCC[C@H]1C(=O)N1CCC[C@H]1C(=O)N[C@@H](CCCNC(=N)N)C(=O)O. The largest absolute Gasteiger partial charge is 0.480 e. The third-order valence-corrected chi connectivity index (χ3v) is 5.60. The Morgan fingerprint density at radius 1 is 1.12 bits per heavy atom. The van der Waals surface area contributed by atoms with Gasteiger partial charge in [-0.2, -0.15) is 0 Å². The molecule has 2 aliphatic rings. The molecule has 6 N–H and O–H groups in total. The highest BCUT2D eigenvalue weighted by Gasteiger charge is 2.43. The third-order valence-electron chi connectivity index (χ3n) is 5.60. The third kappa shape index (κ3) is 7.50. The van der Waals surface area contributed by atoms with Crippen molar-refractivity contribution in [3.8, 4) is 0 Å². The summed E-state index contributed by atoms with van der Waals surface area (Å²) in [6, 6.07) is -2.59. The summed E-state index contributed by atoms with van der Waals surface area (Å²) < 4.78 is 5.42. The molecule has 0 unspecified atom stereocenters. The van der Waals surface area contributed by atoms with Gasteiger partial charge in [0.25, 0.3) is 0 Å². The second kappa shape index (κ2) is 11.2. The first-order valence-electron chi connectivity index (χ1n) is 11.3. The van der Waals surface area contributed by atoms with Crippen molar-refractivity contribution >= 4 is 29.8 Å². The van der Waals surface area contributed by atoms with Crippen molar-refractivity contribution in [3.63, 3.8) is 0 Å². The quantitative estimate of drug-likeness (QED) is 0.190. The maximum Gasteiger partial charge on any atom is 0.410 e. The number of carboxylic acids is 1. The summed E-state index contributed by atoms with van der Waals surface area (Å²) >= 11 is 0. The van der Waals surface area contributed by atoms with Gasteiger partial charge in [-0.05, 0) is 59.3 Å². The number of nitrogens with one attached hydrogen (secondary N) is 3. The van der Waals surface area contributed by atoms with Crippen molar-refractivity contribution in [2.75, 3.05) is 19.6 Å². The van der Waals surface area contributed by atoms with Crippen LogP contribution in [0.3, 0.4) is 0 Å². The van der Waals surface area contributed by atoms with Gasteiger partial charge in [-0.1, -0.05) is 0 Å². The lowest BCUT2D eigenvalue weighted by Gasteiger charge is -2.32. The number of amides is 3. The second-order valence-electron chi connectivity index (χ2n) is 9.40. The average molecular weight is 469 g/mol. The van der Waals surface area contributed by atoms with Gasteiger partial charge in [-0.25, -0.2) is 9.59 Å². The fourth-order valence-electron chi connectivity index (χ4n) is 4.11. The van der Waals surface area contributed by atoms with Crippen molar-refractivity contribution in [3.05, 3.63) is 0 Å². The lowest BCUT2D eigenvalue weighted by atomic mass is 10.1. The van der Waals surface area contributed by atoms with Crippen molar-refractivity contribution in [2.24, 2.45) is 5.73 Å². The van der Waals surface area contributed by atoms with Gasteiger partial charge in [0.2, 0.25) is 11.8 Å². The van der Waals surface area contributed by atoms with E-state index in [1.54, 1.807) is 20.8 Å². The fourth-order valence-corrected chi connectivity index (χ4v) is 4.11. The summed E-state index contributed by atoms with van der Waals surface area (Å²) in [6.07, 6.45) is 2.18. The fraction of sp³-hybridized carbons (Fsp3) is 0.762. The number of ether oxygens (including phenoxy) is 1. The van der Waals surface area contributed by atoms with Gasteiger partial charge >= 0.3 is 12.1 Å². The van der Waals surface area contributed by atoms with Gasteiger partial charge < -0.3 is 31.1 Å². The molecule has 2 heterocycles. The van der Waals surface area contributed by atoms with Crippen LogP contribution in [0.1, 0.15) is 59.3 Å². The molecule has 0 aliphatic carbocycles. The molecule has 3 amide bonds. The minimum Gasteiger partial charge on any atom is -0.480 e. The smallest absolute Gasteiger partial charge is 0.410 e. The van der Waals surface area contributed by atoms with E-state index in [2.05, 4.69) is 10.6 Å². The summed E-state index contributed by atoms with van der Waals surface area (Å²) in [4.78, 5) is 53.2. The van der Waals surface area contributed by atoms with Crippen LogP contribution in [0, 0.1) is 5.41 Å². The minimum absolute atomic E-state index is 0.150. The molecule has 0 aromatic carbocycles. The highest BCUT2D eigenvalue weighted by molar-refractivity contribution is 5.93. The van der Waals surface area contributed by atoms with E-state index >= 15 is 0 Å². The Morgan fingerprint density at radius 2 is 1.73 bits per heavy atom. The van der Waals surface area contributed by atoms with Gasteiger partial charge in [0.15, 0.2) is 5.96 Å². The Morgan fingerprint density at radius 3 is 2.30 bits per heavy atom. The van der Waals surface area contributed by atoms with Gasteiger partial charge in [0.05, 0.1) is 0 Å². The second-order valence-corrected chi connectivity index (χ2v) is 9.40. The molecule has 0 radical (unpaired) electrons. The highest BCUT2D eigenvalue weighted by atomic mass is 16.6. The van der Waals surface area contributed by atoms with Crippen LogP contribution in [0.15, 0.2) is 0 Å². The number of carbonyl (C=O) groups excluding carboxylic acids is 3. The predicted molar refractivity (Wildman–Crippen MR) is 119 cm³/mol. The minimum atomic E-state index is -1.17. The maximum atomic E-state index is 13.3. The number of aliphatic carboxylic acids is 1. The van der Waals surface area contributed by atoms with E-state index in [4.69, 9.17) is 15.9 Å². The van der Waals surface area contributed by atoms with Crippen molar-refractivity contribution in [2.45, 2.75) is 83.0 Å². The number of carboxylic acid groups (broad SMARTS) is 1. The van der Waals surface area contributed by atoms with Gasteiger partial charge in [-0.3, -0.25) is 19.9 Å². The van der Waals surface area contributed by atoms with Crippen LogP contribution in [0.25, 0.3) is 0 Å². The van der Waals surface area contributed by atoms with E-state index in [9.17, 15) is 24.3 Å². The molecule has 0 saturated carbocycles. The van der Waals surface area contributed by atoms with E-state index in [1.165, 1.54) is 9.80 Å². The molecule has 12 heteroatoms. The number of carbonyl (C=O) groups is 4. The zero-order valence-corrected chi connectivity index (χ0v) is 19.6. The molecular formula is C21H36N6O6. The van der Waals surface area contributed by atoms with Crippen molar-refractivity contribution in [1.82, 2.24) is 20.4 Å². The summed E-state index contributed by atoms with van der Waals surface area (Å²) in [5, 5.41) is 21.7. The van der Waals surface area contributed by atoms with Crippen LogP contribution < -0.4 is 16.4 Å². The Kier molecular flexibility index (Phi) is 8.89. The van der Waals surface area contributed by atoms with Crippen molar-refractivity contribution < 1.29 is 29.0 Å². The molecule has 33 heavy (non-hydrogen) atoms.